The van der Waals surface area contributed by atoms with Crippen molar-refractivity contribution in [1.82, 2.24) is 10.6 Å². The van der Waals surface area contributed by atoms with Crippen molar-refractivity contribution in [3.8, 4) is 0 Å². The van der Waals surface area contributed by atoms with Gasteiger partial charge in [-0.05, 0) is 56.3 Å². The van der Waals surface area contributed by atoms with Crippen LogP contribution in [-0.4, -0.2) is 41.4 Å². The van der Waals surface area contributed by atoms with Crippen LogP contribution in [0.5, 0.6) is 0 Å². The minimum atomic E-state index is -0.724. The molecule has 2 fully saturated rings. The summed E-state index contributed by atoms with van der Waals surface area (Å²) in [6.07, 6.45) is 6.93. The van der Waals surface area contributed by atoms with Crippen LogP contribution in [0.25, 0.3) is 0 Å². The van der Waals surface area contributed by atoms with E-state index in [1.165, 1.54) is 6.42 Å². The zero-order valence-corrected chi connectivity index (χ0v) is 14.0. The Balaban J connectivity index is 1.72. The molecular weight excluding hydrogens is 296 g/mol. The number of carboxylic acid groups (broad SMARTS) is 1. The number of carbonyl (C=O) groups excluding carboxylic acids is 1. The number of aliphatic hydroxyl groups is 1. The van der Waals surface area contributed by atoms with Crippen molar-refractivity contribution < 1.29 is 19.8 Å². The fourth-order valence-electron chi connectivity index (χ4n) is 3.95. The van der Waals surface area contributed by atoms with Gasteiger partial charge in [0.15, 0.2) is 0 Å². The highest BCUT2D eigenvalue weighted by molar-refractivity contribution is 5.74. The lowest BCUT2D eigenvalue weighted by molar-refractivity contribution is -0.142. The van der Waals surface area contributed by atoms with E-state index >= 15 is 0 Å². The Morgan fingerprint density at radius 2 is 1.87 bits per heavy atom. The standard InChI is InChI=1S/C17H30N2O4/c1-12(7-10-20)17(8-2-9-17)11-18-16(23)19-14-5-3-13(4-6-14)15(21)22/h12-14,20H,2-11H2,1H3,(H,21,22)(H2,18,19,23). The quantitative estimate of drug-likeness (QED) is 0.576. The van der Waals surface area contributed by atoms with E-state index < -0.39 is 5.97 Å². The minimum absolute atomic E-state index is 0.0813. The monoisotopic (exact) mass is 326 g/mol. The Morgan fingerprint density at radius 1 is 1.22 bits per heavy atom. The highest BCUT2D eigenvalue weighted by atomic mass is 16.4. The topological polar surface area (TPSA) is 98.7 Å². The molecule has 0 spiro atoms. The summed E-state index contributed by atoms with van der Waals surface area (Å²) in [5.41, 5.74) is 0.140. The number of carboxylic acids is 1. The van der Waals surface area contributed by atoms with Gasteiger partial charge in [0.05, 0.1) is 5.92 Å². The van der Waals surface area contributed by atoms with E-state index in [0.717, 1.165) is 32.1 Å². The Labute approximate surface area is 138 Å². The fraction of sp³-hybridized carbons (Fsp3) is 0.882. The van der Waals surface area contributed by atoms with Gasteiger partial charge in [-0.2, -0.15) is 0 Å². The molecule has 1 unspecified atom stereocenters. The molecule has 2 aliphatic rings. The lowest BCUT2D eigenvalue weighted by atomic mass is 9.60. The van der Waals surface area contributed by atoms with Crippen molar-refractivity contribution in [1.29, 1.82) is 0 Å². The van der Waals surface area contributed by atoms with E-state index in [9.17, 15) is 9.59 Å². The summed E-state index contributed by atoms with van der Waals surface area (Å²) in [5.74, 6) is -0.570. The summed E-state index contributed by atoms with van der Waals surface area (Å²) in [6.45, 7) is 3.01. The smallest absolute Gasteiger partial charge is 0.315 e. The number of aliphatic hydroxyl groups excluding tert-OH is 1. The van der Waals surface area contributed by atoms with E-state index in [1.54, 1.807) is 0 Å². The number of carbonyl (C=O) groups is 2. The number of nitrogens with one attached hydrogen (secondary N) is 2. The van der Waals surface area contributed by atoms with Crippen LogP contribution in [0.1, 0.15) is 58.3 Å². The number of rotatable bonds is 7. The second-order valence-corrected chi connectivity index (χ2v) is 7.34. The van der Waals surface area contributed by atoms with Crippen molar-refractivity contribution in [3.05, 3.63) is 0 Å². The zero-order valence-electron chi connectivity index (χ0n) is 14.0. The van der Waals surface area contributed by atoms with E-state index in [2.05, 4.69) is 17.6 Å². The summed E-state index contributed by atoms with van der Waals surface area (Å²) >= 11 is 0. The zero-order chi connectivity index (χ0) is 16.9. The van der Waals surface area contributed by atoms with Gasteiger partial charge in [0.25, 0.3) is 0 Å². The molecule has 0 aromatic rings. The van der Waals surface area contributed by atoms with Gasteiger partial charge in [-0.1, -0.05) is 13.3 Å². The van der Waals surface area contributed by atoms with Crippen molar-refractivity contribution in [3.63, 3.8) is 0 Å². The third-order valence-corrected chi connectivity index (χ3v) is 5.97. The van der Waals surface area contributed by atoms with Crippen LogP contribution < -0.4 is 10.6 Å². The molecule has 0 radical (unpaired) electrons. The molecule has 0 aromatic carbocycles. The first-order valence-electron chi connectivity index (χ1n) is 8.85. The lowest BCUT2D eigenvalue weighted by Crippen LogP contribution is -2.51. The maximum absolute atomic E-state index is 12.1. The minimum Gasteiger partial charge on any atom is -0.481 e. The maximum Gasteiger partial charge on any atom is 0.315 e. The largest absolute Gasteiger partial charge is 0.481 e. The summed E-state index contributed by atoms with van der Waals surface area (Å²) in [6, 6.07) is -0.0657. The van der Waals surface area contributed by atoms with E-state index in [0.29, 0.717) is 25.3 Å². The van der Waals surface area contributed by atoms with Crippen molar-refractivity contribution in [2.45, 2.75) is 64.3 Å². The average molecular weight is 326 g/mol. The van der Waals surface area contributed by atoms with E-state index in [1.807, 2.05) is 0 Å². The second kappa shape index (κ2) is 7.99. The molecule has 0 heterocycles. The fourth-order valence-corrected chi connectivity index (χ4v) is 3.95. The molecular formula is C17H30N2O4. The van der Waals surface area contributed by atoms with Gasteiger partial charge in [0, 0.05) is 19.2 Å². The molecule has 0 bridgehead atoms. The third kappa shape index (κ3) is 4.59. The third-order valence-electron chi connectivity index (χ3n) is 5.97. The summed E-state index contributed by atoms with van der Waals surface area (Å²) in [5, 5.41) is 24.1. The number of aliphatic carboxylic acids is 1. The normalized spacial score (nSPS) is 27.6. The van der Waals surface area contributed by atoms with Gasteiger partial charge in [-0.25, -0.2) is 4.79 Å². The number of hydrogen-bond donors (Lipinski definition) is 4. The van der Waals surface area contributed by atoms with Crippen LogP contribution in [0.3, 0.4) is 0 Å². The Morgan fingerprint density at radius 3 is 2.35 bits per heavy atom. The molecule has 2 saturated carbocycles. The lowest BCUT2D eigenvalue weighted by Gasteiger charge is -2.47. The highest BCUT2D eigenvalue weighted by Gasteiger charge is 2.41. The highest BCUT2D eigenvalue weighted by Crippen LogP contribution is 2.47. The molecule has 2 amide bonds. The second-order valence-electron chi connectivity index (χ2n) is 7.34. The Kier molecular flexibility index (Phi) is 6.27. The van der Waals surface area contributed by atoms with Gasteiger partial charge in [0.2, 0.25) is 0 Å². The molecule has 0 saturated heterocycles. The van der Waals surface area contributed by atoms with Crippen molar-refractivity contribution in [2.24, 2.45) is 17.3 Å². The molecule has 132 valence electrons. The maximum atomic E-state index is 12.1. The molecule has 2 aliphatic carbocycles. The van der Waals surface area contributed by atoms with Crippen molar-refractivity contribution in [2.75, 3.05) is 13.2 Å². The predicted molar refractivity (Wildman–Crippen MR) is 87.1 cm³/mol. The first-order valence-corrected chi connectivity index (χ1v) is 8.85. The first-order chi connectivity index (χ1) is 11.0. The van der Waals surface area contributed by atoms with E-state index in [-0.39, 0.29) is 30.0 Å². The van der Waals surface area contributed by atoms with Crippen LogP contribution in [0.15, 0.2) is 0 Å². The van der Waals surface area contributed by atoms with Crippen LogP contribution in [0.4, 0.5) is 4.79 Å². The summed E-state index contributed by atoms with van der Waals surface area (Å²) in [4.78, 5) is 23.0. The molecule has 4 N–H and O–H groups in total. The van der Waals surface area contributed by atoms with Gasteiger partial charge in [0.1, 0.15) is 0 Å². The Hall–Kier alpha value is -1.30. The van der Waals surface area contributed by atoms with Gasteiger partial charge in [-0.3, -0.25) is 4.79 Å². The van der Waals surface area contributed by atoms with Gasteiger partial charge < -0.3 is 20.8 Å². The summed E-state index contributed by atoms with van der Waals surface area (Å²) in [7, 11) is 0. The number of hydrogen-bond acceptors (Lipinski definition) is 3. The molecule has 6 nitrogen and oxygen atoms in total. The number of urea groups is 1. The molecule has 2 rings (SSSR count). The summed E-state index contributed by atoms with van der Waals surface area (Å²) < 4.78 is 0. The molecule has 1 atom stereocenters. The molecule has 23 heavy (non-hydrogen) atoms. The van der Waals surface area contributed by atoms with Crippen LogP contribution in [-0.2, 0) is 4.79 Å². The predicted octanol–water partition coefficient (Wildman–Crippen LogP) is 2.12. The van der Waals surface area contributed by atoms with Gasteiger partial charge in [-0.15, -0.1) is 0 Å². The molecule has 6 heteroatoms. The molecule has 0 aromatic heterocycles. The van der Waals surface area contributed by atoms with Crippen LogP contribution in [0.2, 0.25) is 0 Å². The van der Waals surface area contributed by atoms with Crippen molar-refractivity contribution >= 4 is 12.0 Å². The van der Waals surface area contributed by atoms with Crippen LogP contribution >= 0.6 is 0 Å². The number of amides is 2. The first kappa shape index (κ1) is 18.0. The van der Waals surface area contributed by atoms with E-state index in [4.69, 9.17) is 10.2 Å². The van der Waals surface area contributed by atoms with Crippen LogP contribution in [0, 0.1) is 17.3 Å². The SMILES string of the molecule is CC(CCO)C1(CNC(=O)NC2CCC(C(=O)O)CC2)CCC1. The molecule has 0 aliphatic heterocycles. The van der Waals surface area contributed by atoms with Gasteiger partial charge >= 0.3 is 12.0 Å². The Bertz CT molecular complexity index is 415. The average Bonchev–Trinajstić information content (AvgIpc) is 2.47.